The van der Waals surface area contributed by atoms with Gasteiger partial charge in [0.05, 0.1) is 41.4 Å². The number of amides is 3. The zero-order chi connectivity index (χ0) is 35.0. The van der Waals surface area contributed by atoms with Crippen LogP contribution in [0.5, 0.6) is 0 Å². The molecule has 0 bridgehead atoms. The lowest BCUT2D eigenvalue weighted by Gasteiger charge is -2.40. The van der Waals surface area contributed by atoms with Crippen LogP contribution in [-0.4, -0.2) is 76.7 Å². The van der Waals surface area contributed by atoms with E-state index in [1.165, 1.54) is 4.90 Å². The van der Waals surface area contributed by atoms with E-state index < -0.39 is 65.6 Å². The van der Waals surface area contributed by atoms with Crippen molar-refractivity contribution in [2.24, 2.45) is 17.8 Å². The summed E-state index contributed by atoms with van der Waals surface area (Å²) in [7, 11) is 0. The number of ether oxygens (including phenoxy) is 2. The molecule has 0 aromatic heterocycles. The Morgan fingerprint density at radius 1 is 1.06 bits per heavy atom. The molecule has 4 aliphatic heterocycles. The van der Waals surface area contributed by atoms with Gasteiger partial charge in [0.2, 0.25) is 11.8 Å². The van der Waals surface area contributed by atoms with E-state index >= 15 is 0 Å². The highest BCUT2D eigenvalue weighted by Gasteiger charge is 2.73. The first kappa shape index (κ1) is 34.9. The van der Waals surface area contributed by atoms with Gasteiger partial charge in [0.25, 0.3) is 5.91 Å². The monoisotopic (exact) mass is 689 g/mol. The molecule has 49 heavy (non-hydrogen) atoms. The zero-order valence-corrected chi connectivity index (χ0v) is 29.0. The smallest absolute Gasteiger partial charge is 0.313 e. The second kappa shape index (κ2) is 14.1. The number of carbonyl (C=O) groups excluding carboxylic acids is 4. The highest BCUT2D eigenvalue weighted by atomic mass is 35.5. The lowest BCUT2D eigenvalue weighted by molar-refractivity contribution is -0.162. The number of benzene rings is 2. The van der Waals surface area contributed by atoms with E-state index in [4.69, 9.17) is 21.1 Å². The number of allylic oxidation sites excluding steroid dienone is 1. The van der Waals surface area contributed by atoms with Gasteiger partial charge in [-0.2, -0.15) is 0 Å². The second-order valence-electron chi connectivity index (χ2n) is 13.6. The van der Waals surface area contributed by atoms with Crippen LogP contribution in [0.2, 0.25) is 5.02 Å². The molecule has 4 heterocycles. The molecule has 0 aliphatic carbocycles. The summed E-state index contributed by atoms with van der Waals surface area (Å²) in [5.74, 6) is -4.16. The Hall–Kier alpha value is -3.99. The Bertz CT molecular complexity index is 1640. The molecule has 2 fully saturated rings. The van der Waals surface area contributed by atoms with Gasteiger partial charge < -0.3 is 29.7 Å². The van der Waals surface area contributed by atoms with Gasteiger partial charge in [0.15, 0.2) is 0 Å². The minimum atomic E-state index is -1.56. The van der Waals surface area contributed by atoms with Crippen LogP contribution in [-0.2, 0) is 28.7 Å². The molecule has 0 saturated carbocycles. The molecule has 6 rings (SSSR count). The summed E-state index contributed by atoms with van der Waals surface area (Å²) in [6, 6.07) is 12.0. The van der Waals surface area contributed by atoms with E-state index in [9.17, 15) is 24.3 Å². The zero-order valence-electron chi connectivity index (χ0n) is 28.3. The molecule has 2 N–H and O–H groups in total. The number of carbonyl (C=O) groups is 4. The number of nitrogens with one attached hydrogen (secondary N) is 1. The molecule has 0 unspecified atom stereocenters. The van der Waals surface area contributed by atoms with Gasteiger partial charge in [-0.15, -0.1) is 0 Å². The van der Waals surface area contributed by atoms with Crippen molar-refractivity contribution in [1.82, 2.24) is 10.2 Å². The van der Waals surface area contributed by atoms with Crippen LogP contribution < -0.4 is 10.2 Å². The average molecular weight is 690 g/mol. The largest absolute Gasteiger partial charge is 0.455 e. The van der Waals surface area contributed by atoms with Crippen LogP contribution >= 0.6 is 11.6 Å². The molecule has 9 atom stereocenters. The molecule has 2 saturated heterocycles. The van der Waals surface area contributed by atoms with Gasteiger partial charge in [-0.05, 0) is 43.4 Å². The first-order chi connectivity index (χ1) is 23.5. The highest BCUT2D eigenvalue weighted by Crippen LogP contribution is 2.54. The maximum absolute atomic E-state index is 15.0. The maximum Gasteiger partial charge on any atom is 0.313 e. The van der Waals surface area contributed by atoms with Gasteiger partial charge >= 0.3 is 5.97 Å². The van der Waals surface area contributed by atoms with Crippen LogP contribution in [0, 0.1) is 24.7 Å². The molecule has 4 aliphatic rings. The Balaban J connectivity index is 1.50. The number of hydrogen-bond acceptors (Lipinski definition) is 7. The average Bonchev–Trinajstić information content (AvgIpc) is 3.47. The summed E-state index contributed by atoms with van der Waals surface area (Å²) < 4.78 is 13.1. The summed E-state index contributed by atoms with van der Waals surface area (Å²) in [5, 5.41) is 14.1. The molecule has 260 valence electrons. The van der Waals surface area contributed by atoms with Crippen LogP contribution in [0.4, 0.5) is 5.69 Å². The number of nitrogens with zero attached hydrogens (tertiary/aromatic N) is 2. The predicted octanol–water partition coefficient (Wildman–Crippen LogP) is 4.68. The Labute approximate surface area is 292 Å². The number of cyclic esters (lactones) is 1. The van der Waals surface area contributed by atoms with Gasteiger partial charge in [-0.3, -0.25) is 19.2 Å². The predicted molar refractivity (Wildman–Crippen MR) is 184 cm³/mol. The third-order valence-electron chi connectivity index (χ3n) is 10.6. The number of halogens is 1. The van der Waals surface area contributed by atoms with E-state index in [0.29, 0.717) is 29.1 Å². The number of esters is 1. The number of hydrogen-bond donors (Lipinski definition) is 2. The first-order valence-electron chi connectivity index (χ1n) is 17.1. The summed E-state index contributed by atoms with van der Waals surface area (Å²) in [6.07, 6.45) is 6.47. The molecule has 2 aromatic carbocycles. The third-order valence-corrected chi connectivity index (χ3v) is 10.9. The SMILES string of the molecule is CC[C@H](C)[C@H](CO)N1C(=O)[C@@H]2[C@H]3C(=O)O[C@H](c4ccccc4)[C@@H](C)NC(=O)CC/C=C\[C@H]3O[C@@]23C=CCN(c2c(C)cccc2Cl)C(=O)[C@@H]13. The number of para-hydroxylation sites is 1. The van der Waals surface area contributed by atoms with Crippen LogP contribution in [0.15, 0.2) is 72.8 Å². The fraction of sp³-hybridized carbons (Fsp3) is 0.474. The van der Waals surface area contributed by atoms with Crippen molar-refractivity contribution < 1.29 is 33.8 Å². The fourth-order valence-corrected chi connectivity index (χ4v) is 8.31. The van der Waals surface area contributed by atoms with Crippen molar-refractivity contribution in [3.8, 4) is 0 Å². The number of anilines is 1. The Morgan fingerprint density at radius 3 is 2.51 bits per heavy atom. The minimum Gasteiger partial charge on any atom is -0.455 e. The van der Waals surface area contributed by atoms with Crippen molar-refractivity contribution in [1.29, 1.82) is 0 Å². The number of rotatable bonds is 6. The summed E-state index contributed by atoms with van der Waals surface area (Å²) in [4.78, 5) is 60.3. The number of fused-ring (bicyclic) bond motifs is 2. The van der Waals surface area contributed by atoms with Gasteiger partial charge in [-0.1, -0.05) is 98.6 Å². The summed E-state index contributed by atoms with van der Waals surface area (Å²) >= 11 is 6.69. The quantitative estimate of drug-likeness (QED) is 0.334. The number of likely N-dealkylation sites (tertiary alicyclic amines) is 1. The van der Waals surface area contributed by atoms with Crippen molar-refractivity contribution in [2.75, 3.05) is 18.1 Å². The molecular formula is C38H44ClN3O7. The normalized spacial score (nSPS) is 32.1. The number of aliphatic hydroxyl groups excluding tert-OH is 1. The molecule has 2 aromatic rings. The lowest BCUT2D eigenvalue weighted by atomic mass is 9.77. The minimum absolute atomic E-state index is 0.157. The molecular weight excluding hydrogens is 646 g/mol. The topological polar surface area (TPSA) is 125 Å². The summed E-state index contributed by atoms with van der Waals surface area (Å²) in [6.45, 7) is 7.31. The van der Waals surface area contributed by atoms with Crippen molar-refractivity contribution in [3.63, 3.8) is 0 Å². The van der Waals surface area contributed by atoms with E-state index in [0.717, 1.165) is 5.56 Å². The molecule has 0 radical (unpaired) electrons. The van der Waals surface area contributed by atoms with Crippen molar-refractivity contribution in [3.05, 3.63) is 89.0 Å². The van der Waals surface area contributed by atoms with Crippen molar-refractivity contribution in [2.45, 2.75) is 82.9 Å². The van der Waals surface area contributed by atoms with E-state index in [1.807, 2.05) is 63.2 Å². The maximum atomic E-state index is 15.0. The third kappa shape index (κ3) is 6.08. The number of aliphatic hydroxyl groups is 1. The molecule has 3 amide bonds. The first-order valence-corrected chi connectivity index (χ1v) is 17.5. The second-order valence-corrected chi connectivity index (χ2v) is 14.0. The number of aryl methyl sites for hydroxylation is 1. The highest BCUT2D eigenvalue weighted by molar-refractivity contribution is 6.34. The van der Waals surface area contributed by atoms with Crippen LogP contribution in [0.1, 0.15) is 57.3 Å². The lowest BCUT2D eigenvalue weighted by Crippen LogP contribution is -2.59. The molecule has 10 nitrogen and oxygen atoms in total. The van der Waals surface area contributed by atoms with Crippen LogP contribution in [0.25, 0.3) is 0 Å². The van der Waals surface area contributed by atoms with Crippen molar-refractivity contribution >= 4 is 41.0 Å². The summed E-state index contributed by atoms with van der Waals surface area (Å²) in [5.41, 5.74) is 0.435. The fourth-order valence-electron chi connectivity index (χ4n) is 7.98. The Morgan fingerprint density at radius 2 is 1.82 bits per heavy atom. The Kier molecular flexibility index (Phi) is 10.0. The van der Waals surface area contributed by atoms with Gasteiger partial charge in [0.1, 0.15) is 23.7 Å². The molecule has 11 heteroatoms. The van der Waals surface area contributed by atoms with E-state index in [1.54, 1.807) is 42.2 Å². The van der Waals surface area contributed by atoms with Gasteiger partial charge in [0, 0.05) is 13.0 Å². The van der Waals surface area contributed by atoms with E-state index in [2.05, 4.69) is 5.32 Å². The van der Waals surface area contributed by atoms with Crippen LogP contribution in [0.3, 0.4) is 0 Å². The molecule has 1 spiro atoms. The standard InChI is InChI=1S/C38H44ClN3O7/c1-5-22(2)27(21-43)42-34-36(46)41(32-23(3)13-11-16-26(32)39)20-12-19-38(34)31(35(42)45)30-28(49-38)17-9-10-18-29(44)40-24(4)33(48-37(30)47)25-14-7-6-8-15-25/h6-9,11-17,19,22,24,27-28,30-31,33-34,43H,5,10,18,20-21H2,1-4H3,(H,40,44)/b17-9-/t22-,24+,27-,28+,30-,31-,33-,34+,38-/m0/s1. The van der Waals surface area contributed by atoms with E-state index in [-0.39, 0.29) is 31.4 Å². The van der Waals surface area contributed by atoms with Gasteiger partial charge in [-0.25, -0.2) is 0 Å².